The quantitative estimate of drug-likeness (QED) is 0.640. The maximum Gasteiger partial charge on any atom is 0.122 e. The van der Waals surface area contributed by atoms with Gasteiger partial charge in [-0.3, -0.25) is 4.99 Å². The number of H-pyrrole nitrogens is 1. The van der Waals surface area contributed by atoms with Gasteiger partial charge in [-0.05, 0) is 12.1 Å². The third kappa shape index (κ3) is 4.62. The molecule has 1 saturated heterocycles. The number of benzene rings is 1. The highest BCUT2D eigenvalue weighted by atomic mass is 32.2. The summed E-state index contributed by atoms with van der Waals surface area (Å²) < 4.78 is 10.9. The minimum Gasteiger partial charge on any atom is -0.491 e. The molecule has 2 aliphatic heterocycles. The number of methoxy groups -OCH3 is 1. The molecule has 2 aromatic rings. The summed E-state index contributed by atoms with van der Waals surface area (Å²) in [5.74, 6) is 3.37. The molecule has 0 radical (unpaired) electrons. The molecule has 0 amide bonds. The molecular formula is C20H28N4O2S2. The normalized spacial score (nSPS) is 20.5. The summed E-state index contributed by atoms with van der Waals surface area (Å²) >= 11 is 3.97. The zero-order valence-electron chi connectivity index (χ0n) is 16.5. The molecule has 0 saturated carbocycles. The van der Waals surface area contributed by atoms with Crippen LogP contribution in [-0.2, 0) is 4.74 Å². The molecule has 1 aromatic heterocycles. The Balaban J connectivity index is 1.46. The second-order valence-corrected chi connectivity index (χ2v) is 9.52. The number of fused-ring (bicyclic) bond motifs is 1. The van der Waals surface area contributed by atoms with E-state index in [1.165, 1.54) is 24.6 Å². The van der Waals surface area contributed by atoms with Crippen LogP contribution in [0.3, 0.4) is 0 Å². The molecule has 8 heteroatoms. The molecule has 0 aliphatic carbocycles. The Morgan fingerprint density at radius 3 is 2.89 bits per heavy atom. The number of nitrogens with zero attached hydrogens (tertiary/aromatic N) is 2. The van der Waals surface area contributed by atoms with Crippen molar-refractivity contribution in [2.75, 3.05) is 70.4 Å². The number of thioether (sulfide) groups is 2. The fourth-order valence-electron chi connectivity index (χ4n) is 3.59. The summed E-state index contributed by atoms with van der Waals surface area (Å²) in [6.45, 7) is 5.58. The Labute approximate surface area is 174 Å². The van der Waals surface area contributed by atoms with Gasteiger partial charge in [-0.2, -0.15) is 11.8 Å². The van der Waals surface area contributed by atoms with Crippen LogP contribution in [0.25, 0.3) is 10.9 Å². The standard InChI is InChI=1S/C20H28N4O2S2/c1-21-17-11-15(26-6-5-25-2)9-14-10-18(23-19(14)17)20-22-12-16(28-20)13-24-3-7-27-8-4-24/h9-11,16,21,23H,3-8,12-13H2,1-2H3. The monoisotopic (exact) mass is 420 g/mol. The zero-order chi connectivity index (χ0) is 19.3. The molecule has 1 fully saturated rings. The Hall–Kier alpha value is -1.35. The van der Waals surface area contributed by atoms with Crippen LogP contribution in [0.15, 0.2) is 23.2 Å². The lowest BCUT2D eigenvalue weighted by atomic mass is 10.2. The first-order valence-electron chi connectivity index (χ1n) is 9.74. The lowest BCUT2D eigenvalue weighted by Gasteiger charge is -2.28. The Morgan fingerprint density at radius 2 is 2.11 bits per heavy atom. The first kappa shape index (κ1) is 19.9. The van der Waals surface area contributed by atoms with E-state index in [0.717, 1.165) is 46.2 Å². The average Bonchev–Trinajstić information content (AvgIpc) is 3.35. The van der Waals surface area contributed by atoms with Crippen molar-refractivity contribution in [3.05, 3.63) is 23.9 Å². The van der Waals surface area contributed by atoms with Crippen molar-refractivity contribution in [3.8, 4) is 5.75 Å². The Kier molecular flexibility index (Phi) is 6.72. The molecule has 2 aliphatic rings. The summed E-state index contributed by atoms with van der Waals surface area (Å²) in [6.07, 6.45) is 0. The van der Waals surface area contributed by atoms with Gasteiger partial charge in [-0.1, -0.05) is 11.8 Å². The van der Waals surface area contributed by atoms with Crippen LogP contribution in [0, 0.1) is 0 Å². The van der Waals surface area contributed by atoms with Crippen molar-refractivity contribution in [1.82, 2.24) is 9.88 Å². The van der Waals surface area contributed by atoms with Gasteiger partial charge in [0.15, 0.2) is 0 Å². The van der Waals surface area contributed by atoms with Gasteiger partial charge in [0, 0.05) is 62.0 Å². The summed E-state index contributed by atoms with van der Waals surface area (Å²) in [7, 11) is 3.62. The minimum atomic E-state index is 0.543. The number of ether oxygens (including phenoxy) is 2. The second-order valence-electron chi connectivity index (χ2n) is 7.01. The smallest absolute Gasteiger partial charge is 0.122 e. The van der Waals surface area contributed by atoms with Crippen molar-refractivity contribution >= 4 is 45.2 Å². The minimum absolute atomic E-state index is 0.543. The van der Waals surface area contributed by atoms with E-state index in [0.29, 0.717) is 18.5 Å². The molecule has 6 nitrogen and oxygen atoms in total. The SMILES string of the molecule is CNc1cc(OCCOC)cc2cc(C3=NCC(CN4CCSCC4)S3)[nH]c12. The molecule has 3 heterocycles. The van der Waals surface area contributed by atoms with Crippen LogP contribution in [0.1, 0.15) is 5.69 Å². The number of anilines is 1. The van der Waals surface area contributed by atoms with Crippen LogP contribution in [0.5, 0.6) is 5.75 Å². The molecule has 152 valence electrons. The highest BCUT2D eigenvalue weighted by Gasteiger charge is 2.25. The molecule has 1 atom stereocenters. The lowest BCUT2D eigenvalue weighted by Crippen LogP contribution is -2.37. The first-order valence-corrected chi connectivity index (χ1v) is 11.8. The Morgan fingerprint density at radius 1 is 1.25 bits per heavy atom. The average molecular weight is 421 g/mol. The van der Waals surface area contributed by atoms with E-state index in [-0.39, 0.29) is 0 Å². The number of aromatic amines is 1. The molecule has 2 N–H and O–H groups in total. The van der Waals surface area contributed by atoms with Gasteiger partial charge in [0.05, 0.1) is 30.0 Å². The number of aromatic nitrogens is 1. The first-order chi connectivity index (χ1) is 13.8. The van der Waals surface area contributed by atoms with Gasteiger partial charge >= 0.3 is 0 Å². The van der Waals surface area contributed by atoms with Crippen molar-refractivity contribution in [1.29, 1.82) is 0 Å². The third-order valence-electron chi connectivity index (χ3n) is 5.04. The van der Waals surface area contributed by atoms with Gasteiger partial charge < -0.3 is 24.7 Å². The third-order valence-corrected chi connectivity index (χ3v) is 7.19. The molecule has 4 rings (SSSR count). The highest BCUT2D eigenvalue weighted by molar-refractivity contribution is 8.15. The van der Waals surface area contributed by atoms with Crippen LogP contribution in [-0.4, -0.2) is 85.2 Å². The van der Waals surface area contributed by atoms with Gasteiger partial charge in [0.2, 0.25) is 0 Å². The fraction of sp³-hybridized carbons (Fsp3) is 0.550. The van der Waals surface area contributed by atoms with Crippen molar-refractivity contribution in [2.45, 2.75) is 5.25 Å². The number of nitrogens with one attached hydrogen (secondary N) is 2. The van der Waals surface area contributed by atoms with Gasteiger partial charge in [0.25, 0.3) is 0 Å². The predicted octanol–water partition coefficient (Wildman–Crippen LogP) is 3.15. The summed E-state index contributed by atoms with van der Waals surface area (Å²) in [5.41, 5.74) is 3.22. The van der Waals surface area contributed by atoms with E-state index < -0.39 is 0 Å². The van der Waals surface area contributed by atoms with Crippen LogP contribution >= 0.6 is 23.5 Å². The van der Waals surface area contributed by atoms with Gasteiger partial charge in [-0.25, -0.2) is 0 Å². The molecule has 1 unspecified atom stereocenters. The lowest BCUT2D eigenvalue weighted by molar-refractivity contribution is 0.146. The van der Waals surface area contributed by atoms with Crippen molar-refractivity contribution in [3.63, 3.8) is 0 Å². The van der Waals surface area contributed by atoms with E-state index in [1.807, 2.05) is 24.9 Å². The van der Waals surface area contributed by atoms with Crippen LogP contribution in [0.4, 0.5) is 5.69 Å². The number of hydrogen-bond acceptors (Lipinski definition) is 7. The largest absolute Gasteiger partial charge is 0.491 e. The van der Waals surface area contributed by atoms with E-state index >= 15 is 0 Å². The maximum atomic E-state index is 5.81. The zero-order valence-corrected chi connectivity index (χ0v) is 18.1. The number of hydrogen-bond donors (Lipinski definition) is 2. The highest BCUT2D eigenvalue weighted by Crippen LogP contribution is 2.33. The fourth-order valence-corrected chi connectivity index (χ4v) is 5.70. The Bertz CT molecular complexity index is 833. The molecule has 0 bridgehead atoms. The summed E-state index contributed by atoms with van der Waals surface area (Å²) in [6, 6.07) is 6.29. The van der Waals surface area contributed by atoms with Gasteiger partial charge in [0.1, 0.15) is 17.4 Å². The van der Waals surface area contributed by atoms with E-state index in [9.17, 15) is 0 Å². The topological polar surface area (TPSA) is 61.9 Å². The predicted molar refractivity (Wildman–Crippen MR) is 122 cm³/mol. The number of aliphatic imine (C=N–C) groups is 1. The van der Waals surface area contributed by atoms with Crippen LogP contribution in [0.2, 0.25) is 0 Å². The maximum absolute atomic E-state index is 5.81. The van der Waals surface area contributed by atoms with E-state index in [1.54, 1.807) is 7.11 Å². The molecular weight excluding hydrogens is 392 g/mol. The second kappa shape index (κ2) is 9.43. The summed E-state index contributed by atoms with van der Waals surface area (Å²) in [4.78, 5) is 11.0. The van der Waals surface area contributed by atoms with E-state index in [2.05, 4.69) is 39.1 Å². The molecule has 1 aromatic carbocycles. The summed E-state index contributed by atoms with van der Waals surface area (Å²) in [5, 5.41) is 6.08. The van der Waals surface area contributed by atoms with Crippen LogP contribution < -0.4 is 10.1 Å². The van der Waals surface area contributed by atoms with Gasteiger partial charge in [-0.15, -0.1) is 0 Å². The number of rotatable bonds is 8. The van der Waals surface area contributed by atoms with E-state index in [4.69, 9.17) is 14.5 Å². The van der Waals surface area contributed by atoms with Crippen molar-refractivity contribution < 1.29 is 9.47 Å². The van der Waals surface area contributed by atoms with Crippen molar-refractivity contribution in [2.24, 2.45) is 4.99 Å². The molecule has 0 spiro atoms. The molecule has 28 heavy (non-hydrogen) atoms.